The zero-order chi connectivity index (χ0) is 15.0. The van der Waals surface area contributed by atoms with E-state index in [9.17, 15) is 4.21 Å². The van der Waals surface area contributed by atoms with Gasteiger partial charge in [-0.1, -0.05) is 0 Å². The number of nitrogens with zero attached hydrogens (tertiary/aromatic N) is 1. The largest absolute Gasteiger partial charge is 0.385 e. The van der Waals surface area contributed by atoms with E-state index in [1.54, 1.807) is 18.4 Å². The summed E-state index contributed by atoms with van der Waals surface area (Å²) in [5.41, 5.74) is 1.18. The fourth-order valence-corrected chi connectivity index (χ4v) is 7.36. The minimum Gasteiger partial charge on any atom is -0.385 e. The first-order chi connectivity index (χ1) is 9.26. The molecule has 20 heavy (non-hydrogen) atoms. The maximum Gasteiger partial charge on any atom is 0.101 e. The van der Waals surface area contributed by atoms with E-state index in [0.717, 1.165) is 34.3 Å². The molecule has 0 spiro atoms. The smallest absolute Gasteiger partial charge is 0.101 e. The summed E-state index contributed by atoms with van der Waals surface area (Å²) in [6.45, 7) is 2.26. The standard InChI is InChI=1S/C13H24N2O2S3/c1-17-9-5-7-15-8-6-11-10-12(19(2,3)14)18-13(11)20(15,4)16/h10H,4-9,14H2,1-3H3. The third kappa shape index (κ3) is 3.23. The van der Waals surface area contributed by atoms with Crippen LogP contribution in [0, 0.1) is 0 Å². The summed E-state index contributed by atoms with van der Waals surface area (Å²) in [6, 6.07) is 2.15. The Morgan fingerprint density at radius 1 is 1.60 bits per heavy atom. The second kappa shape index (κ2) is 5.98. The van der Waals surface area contributed by atoms with Gasteiger partial charge >= 0.3 is 0 Å². The van der Waals surface area contributed by atoms with E-state index in [2.05, 4.69) is 24.4 Å². The first-order valence-corrected chi connectivity index (χ1v) is 11.5. The van der Waals surface area contributed by atoms with Gasteiger partial charge in [-0.15, -0.1) is 11.3 Å². The second-order valence-electron chi connectivity index (χ2n) is 5.45. The predicted octanol–water partition coefficient (Wildman–Crippen LogP) is 1.93. The molecule has 1 aromatic heterocycles. The molecule has 1 aliphatic rings. The molecule has 0 aromatic carbocycles. The van der Waals surface area contributed by atoms with Crippen molar-refractivity contribution in [3.05, 3.63) is 11.6 Å². The summed E-state index contributed by atoms with van der Waals surface area (Å²) in [7, 11) is -1.92. The maximum absolute atomic E-state index is 13.0. The van der Waals surface area contributed by atoms with E-state index >= 15 is 0 Å². The summed E-state index contributed by atoms with van der Waals surface area (Å²) in [4.78, 5) is 0. The van der Waals surface area contributed by atoms with Gasteiger partial charge in [0.1, 0.15) is 4.21 Å². The van der Waals surface area contributed by atoms with E-state index in [0.29, 0.717) is 6.61 Å². The maximum atomic E-state index is 13.0. The summed E-state index contributed by atoms with van der Waals surface area (Å²) in [5, 5.41) is 6.24. The van der Waals surface area contributed by atoms with Gasteiger partial charge in [-0.3, -0.25) is 5.14 Å². The number of nitrogens with two attached hydrogens (primary N) is 1. The van der Waals surface area contributed by atoms with Crippen molar-refractivity contribution in [2.75, 3.05) is 39.3 Å². The highest BCUT2D eigenvalue weighted by Crippen LogP contribution is 2.49. The number of methoxy groups -OCH3 is 1. The third-order valence-corrected chi connectivity index (χ3v) is 9.89. The number of ether oxygens (including phenoxy) is 1. The number of fused-ring (bicyclic) bond motifs is 1. The molecule has 4 nitrogen and oxygen atoms in total. The minimum absolute atomic E-state index is 0.689. The molecule has 0 saturated heterocycles. The van der Waals surface area contributed by atoms with Crippen molar-refractivity contribution in [1.82, 2.24) is 4.31 Å². The van der Waals surface area contributed by atoms with Crippen molar-refractivity contribution in [2.45, 2.75) is 21.3 Å². The lowest BCUT2D eigenvalue weighted by Crippen LogP contribution is -2.37. The molecule has 0 aliphatic carbocycles. The topological polar surface area (TPSA) is 55.6 Å². The summed E-state index contributed by atoms with van der Waals surface area (Å²) < 4.78 is 22.2. The van der Waals surface area contributed by atoms with Crippen molar-refractivity contribution in [1.29, 1.82) is 0 Å². The van der Waals surface area contributed by atoms with E-state index in [-0.39, 0.29) is 0 Å². The third-order valence-electron chi connectivity index (χ3n) is 3.36. The Hall–Kier alpha value is -0.0500. The van der Waals surface area contributed by atoms with Crippen LogP contribution < -0.4 is 5.14 Å². The van der Waals surface area contributed by atoms with Crippen molar-refractivity contribution in [3.63, 3.8) is 0 Å². The molecule has 7 heteroatoms. The van der Waals surface area contributed by atoms with Crippen LogP contribution in [0.2, 0.25) is 0 Å². The zero-order valence-electron chi connectivity index (χ0n) is 12.4. The summed E-state index contributed by atoms with van der Waals surface area (Å²) in [6.07, 6.45) is 5.93. The van der Waals surface area contributed by atoms with Gasteiger partial charge in [0.05, 0.1) is 13.9 Å². The van der Waals surface area contributed by atoms with Gasteiger partial charge in [0, 0.05) is 26.8 Å². The van der Waals surface area contributed by atoms with Crippen LogP contribution >= 0.6 is 21.6 Å². The molecule has 1 aromatic rings. The van der Waals surface area contributed by atoms with Crippen LogP contribution in [-0.2, 0) is 20.9 Å². The molecule has 1 unspecified atom stereocenters. The molecule has 0 amide bonds. The molecule has 1 aliphatic heterocycles. The molecule has 2 rings (SSSR count). The number of hydrogen-bond donors (Lipinski definition) is 1. The molecule has 0 bridgehead atoms. The number of hydrogen-bond acceptors (Lipinski definition) is 4. The molecule has 0 radical (unpaired) electrons. The Labute approximate surface area is 127 Å². The Balaban J connectivity index is 2.27. The SMILES string of the molecule is C=S1(=O)c2sc(S(C)(C)N)cc2CCN1CCCOC. The van der Waals surface area contributed by atoms with Crippen LogP contribution in [0.15, 0.2) is 14.5 Å². The summed E-state index contributed by atoms with van der Waals surface area (Å²) in [5.74, 6) is 4.02. The molecule has 1 atom stereocenters. The van der Waals surface area contributed by atoms with Crippen LogP contribution in [-0.4, -0.2) is 53.7 Å². The van der Waals surface area contributed by atoms with Gasteiger partial charge in [-0.2, -0.15) is 10.2 Å². The van der Waals surface area contributed by atoms with Gasteiger partial charge in [0.2, 0.25) is 0 Å². The van der Waals surface area contributed by atoms with Crippen LogP contribution in [0.5, 0.6) is 0 Å². The number of thiophene rings is 1. The average molecular weight is 337 g/mol. The molecular formula is C13H24N2O2S3. The highest BCUT2D eigenvalue weighted by molar-refractivity contribution is 8.32. The predicted molar refractivity (Wildman–Crippen MR) is 91.5 cm³/mol. The van der Waals surface area contributed by atoms with E-state index < -0.39 is 19.9 Å². The average Bonchev–Trinajstić information content (AvgIpc) is 2.77. The van der Waals surface area contributed by atoms with Crippen molar-refractivity contribution >= 4 is 37.1 Å². The molecule has 116 valence electrons. The van der Waals surface area contributed by atoms with Crippen molar-refractivity contribution in [2.24, 2.45) is 5.14 Å². The van der Waals surface area contributed by atoms with Crippen molar-refractivity contribution in [3.8, 4) is 0 Å². The molecular weight excluding hydrogens is 312 g/mol. The second-order valence-corrected chi connectivity index (χ2v) is 12.5. The quantitative estimate of drug-likeness (QED) is 0.660. The molecule has 0 saturated carbocycles. The van der Waals surface area contributed by atoms with Crippen molar-refractivity contribution < 1.29 is 8.95 Å². The highest BCUT2D eigenvalue weighted by atomic mass is 32.3. The minimum atomic E-state index is -2.35. The number of rotatable bonds is 5. The molecule has 2 N–H and O–H groups in total. The van der Waals surface area contributed by atoms with Crippen LogP contribution in [0.4, 0.5) is 0 Å². The zero-order valence-corrected chi connectivity index (χ0v) is 14.8. The van der Waals surface area contributed by atoms with Gasteiger partial charge in [0.15, 0.2) is 0 Å². The molecule has 0 fully saturated rings. The van der Waals surface area contributed by atoms with Gasteiger partial charge in [-0.05, 0) is 42.9 Å². The van der Waals surface area contributed by atoms with Gasteiger partial charge in [0.25, 0.3) is 0 Å². The lowest BCUT2D eigenvalue weighted by atomic mass is 10.2. The lowest BCUT2D eigenvalue weighted by Gasteiger charge is -2.30. The van der Waals surface area contributed by atoms with Crippen LogP contribution in [0.3, 0.4) is 0 Å². The monoisotopic (exact) mass is 336 g/mol. The highest BCUT2D eigenvalue weighted by Gasteiger charge is 2.30. The first-order valence-electron chi connectivity index (χ1n) is 6.52. The Morgan fingerprint density at radius 2 is 2.30 bits per heavy atom. The normalized spacial score (nSPS) is 24.6. The summed E-state index contributed by atoms with van der Waals surface area (Å²) >= 11 is 1.59. The Morgan fingerprint density at radius 3 is 2.90 bits per heavy atom. The van der Waals surface area contributed by atoms with E-state index in [4.69, 9.17) is 9.88 Å². The van der Waals surface area contributed by atoms with Crippen LogP contribution in [0.25, 0.3) is 0 Å². The van der Waals surface area contributed by atoms with Gasteiger partial charge in [-0.25, -0.2) is 8.51 Å². The lowest BCUT2D eigenvalue weighted by molar-refractivity contribution is 0.187. The molecule has 2 heterocycles. The van der Waals surface area contributed by atoms with E-state index in [1.807, 2.05) is 4.31 Å². The fourth-order valence-electron chi connectivity index (χ4n) is 2.25. The van der Waals surface area contributed by atoms with Gasteiger partial charge < -0.3 is 4.74 Å². The first kappa shape index (κ1) is 16.3. The van der Waals surface area contributed by atoms with Crippen LogP contribution in [0.1, 0.15) is 12.0 Å². The Kier molecular flexibility index (Phi) is 4.88. The fraction of sp³-hybridized carbons (Fsp3) is 0.615. The Bertz CT molecular complexity index is 573. The van der Waals surface area contributed by atoms with E-state index in [1.165, 1.54) is 5.56 Å².